The first kappa shape index (κ1) is 15.8. The fraction of sp³-hybridized carbons (Fsp3) is 0.429. The molecule has 0 saturated carbocycles. The molecular formula is C14H20N2O4. The van der Waals surface area contributed by atoms with E-state index in [2.05, 4.69) is 5.32 Å². The largest absolute Gasteiger partial charge is 0.492 e. The second kappa shape index (κ2) is 8.79. The molecule has 0 aliphatic heterocycles. The SMILES string of the molecule is CCN(CCC(=O)O)C(=O)NCCOc1ccccc1. The zero-order valence-electron chi connectivity index (χ0n) is 11.5. The van der Waals surface area contributed by atoms with Crippen LogP contribution >= 0.6 is 0 Å². The van der Waals surface area contributed by atoms with Crippen molar-refractivity contribution in [1.29, 1.82) is 0 Å². The number of carbonyl (C=O) groups is 2. The lowest BCUT2D eigenvalue weighted by Gasteiger charge is -2.20. The summed E-state index contributed by atoms with van der Waals surface area (Å²) >= 11 is 0. The van der Waals surface area contributed by atoms with Gasteiger partial charge in [0.05, 0.1) is 13.0 Å². The Labute approximate surface area is 118 Å². The molecule has 2 N–H and O–H groups in total. The van der Waals surface area contributed by atoms with E-state index < -0.39 is 5.97 Å². The second-order valence-corrected chi connectivity index (χ2v) is 4.12. The van der Waals surface area contributed by atoms with E-state index >= 15 is 0 Å². The monoisotopic (exact) mass is 280 g/mol. The van der Waals surface area contributed by atoms with Gasteiger partial charge in [0, 0.05) is 13.1 Å². The number of amides is 2. The van der Waals surface area contributed by atoms with Crippen LogP contribution in [0, 0.1) is 0 Å². The highest BCUT2D eigenvalue weighted by Crippen LogP contribution is 2.07. The number of carbonyl (C=O) groups excluding carboxylic acids is 1. The number of nitrogens with one attached hydrogen (secondary N) is 1. The van der Waals surface area contributed by atoms with Crippen molar-refractivity contribution in [2.24, 2.45) is 0 Å². The standard InChI is InChI=1S/C14H20N2O4/c1-2-16(10-8-13(17)18)14(19)15-9-11-20-12-6-4-3-5-7-12/h3-7H,2,8-11H2,1H3,(H,15,19)(H,17,18). The third kappa shape index (κ3) is 6.08. The van der Waals surface area contributed by atoms with Gasteiger partial charge in [-0.2, -0.15) is 0 Å². The van der Waals surface area contributed by atoms with Gasteiger partial charge in [-0.3, -0.25) is 4.79 Å². The maximum atomic E-state index is 11.8. The second-order valence-electron chi connectivity index (χ2n) is 4.12. The van der Waals surface area contributed by atoms with Crippen LogP contribution in [0.5, 0.6) is 5.75 Å². The van der Waals surface area contributed by atoms with Crippen LogP contribution in [0.3, 0.4) is 0 Å². The molecule has 0 aliphatic carbocycles. The van der Waals surface area contributed by atoms with Crippen molar-refractivity contribution < 1.29 is 19.4 Å². The summed E-state index contributed by atoms with van der Waals surface area (Å²) in [5.74, 6) is -0.163. The van der Waals surface area contributed by atoms with Crippen LogP contribution in [0.4, 0.5) is 4.79 Å². The van der Waals surface area contributed by atoms with Gasteiger partial charge < -0.3 is 20.1 Å². The molecule has 0 heterocycles. The molecule has 0 radical (unpaired) electrons. The fourth-order valence-corrected chi connectivity index (χ4v) is 1.59. The normalized spacial score (nSPS) is 9.85. The number of carboxylic acid groups (broad SMARTS) is 1. The Morgan fingerprint density at radius 3 is 2.60 bits per heavy atom. The Hall–Kier alpha value is -2.24. The highest BCUT2D eigenvalue weighted by atomic mass is 16.5. The highest BCUT2D eigenvalue weighted by Gasteiger charge is 2.11. The lowest BCUT2D eigenvalue weighted by atomic mass is 10.3. The van der Waals surface area contributed by atoms with Crippen LogP contribution in [0.15, 0.2) is 30.3 Å². The van der Waals surface area contributed by atoms with Crippen LogP contribution in [-0.4, -0.2) is 48.2 Å². The van der Waals surface area contributed by atoms with E-state index in [-0.39, 0.29) is 19.0 Å². The zero-order chi connectivity index (χ0) is 14.8. The van der Waals surface area contributed by atoms with E-state index in [1.54, 1.807) is 0 Å². The molecule has 6 heteroatoms. The molecule has 0 saturated heterocycles. The molecule has 0 aromatic heterocycles. The molecule has 110 valence electrons. The molecule has 0 atom stereocenters. The molecule has 0 spiro atoms. The lowest BCUT2D eigenvalue weighted by molar-refractivity contribution is -0.137. The van der Waals surface area contributed by atoms with Crippen LogP contribution in [0.1, 0.15) is 13.3 Å². The number of nitrogens with zero attached hydrogens (tertiary/aromatic N) is 1. The minimum Gasteiger partial charge on any atom is -0.492 e. The maximum absolute atomic E-state index is 11.8. The van der Waals surface area contributed by atoms with Gasteiger partial charge in [0.2, 0.25) is 0 Å². The Balaban J connectivity index is 2.22. The molecule has 20 heavy (non-hydrogen) atoms. The molecule has 0 unspecified atom stereocenters. The van der Waals surface area contributed by atoms with Crippen molar-refractivity contribution in [3.05, 3.63) is 30.3 Å². The Morgan fingerprint density at radius 2 is 2.00 bits per heavy atom. The molecule has 2 amide bonds. The van der Waals surface area contributed by atoms with Gasteiger partial charge in [0.15, 0.2) is 0 Å². The van der Waals surface area contributed by atoms with Gasteiger partial charge in [0.25, 0.3) is 0 Å². The van der Waals surface area contributed by atoms with Crippen LogP contribution in [0.2, 0.25) is 0 Å². The smallest absolute Gasteiger partial charge is 0.317 e. The van der Waals surface area contributed by atoms with Gasteiger partial charge in [-0.05, 0) is 19.1 Å². The number of hydrogen-bond acceptors (Lipinski definition) is 3. The summed E-state index contributed by atoms with van der Waals surface area (Å²) in [7, 11) is 0. The summed E-state index contributed by atoms with van der Waals surface area (Å²) in [5.41, 5.74) is 0. The predicted octanol–water partition coefficient (Wildman–Crippen LogP) is 1.57. The summed E-state index contributed by atoms with van der Waals surface area (Å²) in [6.45, 7) is 3.22. The van der Waals surface area contributed by atoms with E-state index in [1.807, 2.05) is 37.3 Å². The Morgan fingerprint density at radius 1 is 1.30 bits per heavy atom. The number of carboxylic acids is 1. The predicted molar refractivity (Wildman–Crippen MR) is 74.8 cm³/mol. The van der Waals surface area contributed by atoms with E-state index in [4.69, 9.17) is 9.84 Å². The minimum atomic E-state index is -0.913. The van der Waals surface area contributed by atoms with Crippen molar-refractivity contribution in [3.63, 3.8) is 0 Å². The van der Waals surface area contributed by atoms with Crippen molar-refractivity contribution in [2.45, 2.75) is 13.3 Å². The van der Waals surface area contributed by atoms with E-state index in [1.165, 1.54) is 4.90 Å². The first-order chi connectivity index (χ1) is 9.63. The number of para-hydroxylation sites is 1. The molecular weight excluding hydrogens is 260 g/mol. The van der Waals surface area contributed by atoms with Crippen LogP contribution in [-0.2, 0) is 4.79 Å². The Kier molecular flexibility index (Phi) is 6.95. The summed E-state index contributed by atoms with van der Waals surface area (Å²) < 4.78 is 5.44. The van der Waals surface area contributed by atoms with Crippen molar-refractivity contribution >= 4 is 12.0 Å². The molecule has 1 aromatic rings. The number of benzene rings is 1. The zero-order valence-corrected chi connectivity index (χ0v) is 11.5. The molecule has 1 aromatic carbocycles. The van der Waals surface area contributed by atoms with Gasteiger partial charge in [-0.25, -0.2) is 4.79 Å². The number of urea groups is 1. The van der Waals surface area contributed by atoms with Crippen LogP contribution in [0.25, 0.3) is 0 Å². The molecule has 0 fully saturated rings. The summed E-state index contributed by atoms with van der Waals surface area (Å²) in [5, 5.41) is 11.3. The van der Waals surface area contributed by atoms with Crippen LogP contribution < -0.4 is 10.1 Å². The third-order valence-corrected chi connectivity index (χ3v) is 2.65. The van der Waals surface area contributed by atoms with E-state index in [9.17, 15) is 9.59 Å². The van der Waals surface area contributed by atoms with E-state index in [0.717, 1.165) is 5.75 Å². The summed E-state index contributed by atoms with van der Waals surface area (Å²) in [6, 6.07) is 9.05. The lowest BCUT2D eigenvalue weighted by Crippen LogP contribution is -2.42. The topological polar surface area (TPSA) is 78.9 Å². The highest BCUT2D eigenvalue weighted by molar-refractivity contribution is 5.75. The first-order valence-electron chi connectivity index (χ1n) is 6.56. The number of rotatable bonds is 8. The summed E-state index contributed by atoms with van der Waals surface area (Å²) in [4.78, 5) is 23.7. The number of aliphatic carboxylic acids is 1. The van der Waals surface area contributed by atoms with Gasteiger partial charge in [-0.1, -0.05) is 18.2 Å². The fourth-order valence-electron chi connectivity index (χ4n) is 1.59. The average molecular weight is 280 g/mol. The Bertz CT molecular complexity index is 422. The minimum absolute atomic E-state index is 0.0538. The van der Waals surface area contributed by atoms with E-state index in [0.29, 0.717) is 19.7 Å². The van der Waals surface area contributed by atoms with Crippen molar-refractivity contribution in [1.82, 2.24) is 10.2 Å². The number of ether oxygens (including phenoxy) is 1. The summed E-state index contributed by atoms with van der Waals surface area (Å²) in [6.07, 6.45) is -0.0538. The average Bonchev–Trinajstić information content (AvgIpc) is 2.45. The molecule has 6 nitrogen and oxygen atoms in total. The van der Waals surface area contributed by atoms with Crippen molar-refractivity contribution in [3.8, 4) is 5.75 Å². The number of hydrogen-bond donors (Lipinski definition) is 2. The maximum Gasteiger partial charge on any atom is 0.317 e. The quantitative estimate of drug-likeness (QED) is 0.708. The third-order valence-electron chi connectivity index (χ3n) is 2.65. The van der Waals surface area contributed by atoms with Gasteiger partial charge >= 0.3 is 12.0 Å². The molecule has 0 aliphatic rings. The van der Waals surface area contributed by atoms with Gasteiger partial charge in [-0.15, -0.1) is 0 Å². The van der Waals surface area contributed by atoms with Crippen molar-refractivity contribution in [2.75, 3.05) is 26.2 Å². The van der Waals surface area contributed by atoms with Gasteiger partial charge in [0.1, 0.15) is 12.4 Å². The molecule has 0 bridgehead atoms. The molecule has 1 rings (SSSR count). The first-order valence-corrected chi connectivity index (χ1v) is 6.56.